The van der Waals surface area contributed by atoms with E-state index in [4.69, 9.17) is 0 Å². The van der Waals surface area contributed by atoms with Crippen LogP contribution in [-0.2, 0) is 0 Å². The smallest absolute Gasteiger partial charge is 0.254 e. The lowest BCUT2D eigenvalue weighted by molar-refractivity contribution is 0.0780. The molecule has 2 fully saturated rings. The first-order valence-electron chi connectivity index (χ1n) is 6.45. The Labute approximate surface area is 107 Å². The molecular formula is C14H18N2O2. The van der Waals surface area contributed by atoms with Gasteiger partial charge in [0.05, 0.1) is 0 Å². The third-order valence-corrected chi connectivity index (χ3v) is 4.21. The Bertz CT molecular complexity index is 475. The highest BCUT2D eigenvalue weighted by molar-refractivity contribution is 5.96. The van der Waals surface area contributed by atoms with Crippen molar-refractivity contribution >= 4 is 5.91 Å². The highest BCUT2D eigenvalue weighted by Crippen LogP contribution is 2.29. The van der Waals surface area contributed by atoms with Crippen molar-refractivity contribution in [3.8, 4) is 5.75 Å². The molecule has 2 heterocycles. The zero-order valence-electron chi connectivity index (χ0n) is 10.5. The van der Waals surface area contributed by atoms with Gasteiger partial charge in [0.1, 0.15) is 5.75 Å². The average Bonchev–Trinajstić information content (AvgIpc) is 2.92. The van der Waals surface area contributed by atoms with Crippen molar-refractivity contribution in [2.45, 2.75) is 6.92 Å². The maximum atomic E-state index is 12.4. The van der Waals surface area contributed by atoms with Crippen LogP contribution in [0.15, 0.2) is 18.2 Å². The summed E-state index contributed by atoms with van der Waals surface area (Å²) in [6.07, 6.45) is 0. The number of phenols is 1. The van der Waals surface area contributed by atoms with Gasteiger partial charge in [0.2, 0.25) is 0 Å². The fraction of sp³-hybridized carbons (Fsp3) is 0.500. The van der Waals surface area contributed by atoms with Crippen molar-refractivity contribution in [1.29, 1.82) is 0 Å². The van der Waals surface area contributed by atoms with Gasteiger partial charge < -0.3 is 15.3 Å². The van der Waals surface area contributed by atoms with Gasteiger partial charge in [-0.3, -0.25) is 4.79 Å². The molecule has 2 saturated heterocycles. The van der Waals surface area contributed by atoms with E-state index in [1.807, 2.05) is 4.90 Å². The first-order chi connectivity index (χ1) is 8.66. The van der Waals surface area contributed by atoms with Crippen LogP contribution < -0.4 is 5.32 Å². The van der Waals surface area contributed by atoms with Crippen LogP contribution in [0.2, 0.25) is 0 Å². The molecule has 0 aliphatic carbocycles. The first-order valence-corrected chi connectivity index (χ1v) is 6.45. The molecule has 4 heteroatoms. The molecule has 2 aliphatic rings. The number of amides is 1. The minimum Gasteiger partial charge on any atom is -0.508 e. The Hall–Kier alpha value is -1.55. The van der Waals surface area contributed by atoms with Gasteiger partial charge in [-0.1, -0.05) is 6.07 Å². The van der Waals surface area contributed by atoms with Crippen molar-refractivity contribution in [1.82, 2.24) is 10.2 Å². The second-order valence-electron chi connectivity index (χ2n) is 5.34. The number of phenolic OH excluding ortho intramolecular Hbond substituents is 1. The molecule has 0 spiro atoms. The fourth-order valence-corrected chi connectivity index (χ4v) is 3.05. The summed E-state index contributed by atoms with van der Waals surface area (Å²) in [5.41, 5.74) is 1.31. The van der Waals surface area contributed by atoms with Crippen molar-refractivity contribution in [3.05, 3.63) is 29.3 Å². The van der Waals surface area contributed by atoms with Crippen LogP contribution in [0.3, 0.4) is 0 Å². The molecule has 18 heavy (non-hydrogen) atoms. The molecule has 2 aliphatic heterocycles. The Kier molecular flexibility index (Phi) is 2.74. The minimum atomic E-state index is 0.0535. The third-order valence-electron chi connectivity index (χ3n) is 4.21. The molecule has 0 radical (unpaired) electrons. The normalized spacial score (nSPS) is 26.4. The third kappa shape index (κ3) is 1.77. The second kappa shape index (κ2) is 4.28. The van der Waals surface area contributed by atoms with Crippen molar-refractivity contribution < 1.29 is 9.90 Å². The van der Waals surface area contributed by atoms with Gasteiger partial charge >= 0.3 is 0 Å². The first kappa shape index (κ1) is 11.5. The van der Waals surface area contributed by atoms with Gasteiger partial charge in [0, 0.05) is 37.3 Å². The van der Waals surface area contributed by atoms with Gasteiger partial charge in [-0.2, -0.15) is 0 Å². The molecule has 3 rings (SSSR count). The molecule has 0 saturated carbocycles. The molecule has 1 aromatic carbocycles. The molecule has 2 unspecified atom stereocenters. The molecular weight excluding hydrogens is 228 g/mol. The Morgan fingerprint density at radius 1 is 1.33 bits per heavy atom. The van der Waals surface area contributed by atoms with E-state index in [1.165, 1.54) is 0 Å². The number of carbonyl (C=O) groups is 1. The number of benzene rings is 1. The van der Waals surface area contributed by atoms with E-state index in [-0.39, 0.29) is 11.7 Å². The summed E-state index contributed by atoms with van der Waals surface area (Å²) in [4.78, 5) is 14.4. The predicted molar refractivity (Wildman–Crippen MR) is 68.6 cm³/mol. The number of aromatic hydroxyl groups is 1. The highest BCUT2D eigenvalue weighted by Gasteiger charge is 2.38. The molecule has 2 atom stereocenters. The van der Waals surface area contributed by atoms with Crippen LogP contribution >= 0.6 is 0 Å². The number of likely N-dealkylation sites (tertiary alicyclic amines) is 1. The zero-order chi connectivity index (χ0) is 12.7. The van der Waals surface area contributed by atoms with Crippen LogP contribution in [0, 0.1) is 18.8 Å². The quantitative estimate of drug-likeness (QED) is 0.777. The Morgan fingerprint density at radius 2 is 2.00 bits per heavy atom. The standard InChI is InChI=1S/C14H18N2O2/c1-9-12(3-2-4-13(9)17)14(18)16-7-10-5-15-6-11(10)8-16/h2-4,10-11,15,17H,5-8H2,1H3. The predicted octanol–water partition coefficient (Wildman–Crippen LogP) is 0.992. The summed E-state index contributed by atoms with van der Waals surface area (Å²) in [6.45, 7) is 5.51. The van der Waals surface area contributed by atoms with Gasteiger partial charge in [0.15, 0.2) is 0 Å². The summed E-state index contributed by atoms with van der Waals surface area (Å²) < 4.78 is 0. The van der Waals surface area contributed by atoms with Crippen LogP contribution in [0.1, 0.15) is 15.9 Å². The van der Waals surface area contributed by atoms with Gasteiger partial charge in [-0.15, -0.1) is 0 Å². The lowest BCUT2D eigenvalue weighted by atomic mass is 10.0. The Morgan fingerprint density at radius 3 is 2.67 bits per heavy atom. The lowest BCUT2D eigenvalue weighted by Crippen LogP contribution is -2.32. The molecule has 2 N–H and O–H groups in total. The maximum Gasteiger partial charge on any atom is 0.254 e. The maximum absolute atomic E-state index is 12.4. The van der Waals surface area contributed by atoms with Crippen LogP contribution in [-0.4, -0.2) is 42.1 Å². The molecule has 0 aromatic heterocycles. The van der Waals surface area contributed by atoms with E-state index in [0.717, 1.165) is 26.2 Å². The van der Waals surface area contributed by atoms with E-state index < -0.39 is 0 Å². The highest BCUT2D eigenvalue weighted by atomic mass is 16.3. The topological polar surface area (TPSA) is 52.6 Å². The summed E-state index contributed by atoms with van der Waals surface area (Å²) in [5.74, 6) is 1.46. The van der Waals surface area contributed by atoms with Crippen LogP contribution in [0.5, 0.6) is 5.75 Å². The number of hydrogen-bond donors (Lipinski definition) is 2. The fourth-order valence-electron chi connectivity index (χ4n) is 3.05. The monoisotopic (exact) mass is 246 g/mol. The van der Waals surface area contributed by atoms with Gasteiger partial charge in [0.25, 0.3) is 5.91 Å². The van der Waals surface area contributed by atoms with Gasteiger partial charge in [-0.05, 0) is 30.9 Å². The SMILES string of the molecule is Cc1c(O)cccc1C(=O)N1CC2CNCC2C1. The van der Waals surface area contributed by atoms with Crippen molar-refractivity contribution in [2.75, 3.05) is 26.2 Å². The Balaban J connectivity index is 1.81. The van der Waals surface area contributed by atoms with Crippen molar-refractivity contribution in [2.24, 2.45) is 11.8 Å². The minimum absolute atomic E-state index is 0.0535. The van der Waals surface area contributed by atoms with E-state index in [9.17, 15) is 9.90 Å². The summed E-state index contributed by atoms with van der Waals surface area (Å²) in [7, 11) is 0. The number of nitrogens with zero attached hydrogens (tertiary/aromatic N) is 1. The number of hydrogen-bond acceptors (Lipinski definition) is 3. The van der Waals surface area contributed by atoms with E-state index >= 15 is 0 Å². The molecule has 96 valence electrons. The summed E-state index contributed by atoms with van der Waals surface area (Å²) in [5, 5.41) is 13.0. The second-order valence-corrected chi connectivity index (χ2v) is 5.34. The number of carbonyl (C=O) groups excluding carboxylic acids is 1. The molecule has 1 aromatic rings. The molecule has 1 amide bonds. The number of rotatable bonds is 1. The van der Waals surface area contributed by atoms with Crippen molar-refractivity contribution in [3.63, 3.8) is 0 Å². The largest absolute Gasteiger partial charge is 0.508 e. The zero-order valence-corrected chi connectivity index (χ0v) is 10.5. The van der Waals surface area contributed by atoms with E-state index in [0.29, 0.717) is 23.0 Å². The van der Waals surface area contributed by atoms with Crippen LogP contribution in [0.25, 0.3) is 0 Å². The van der Waals surface area contributed by atoms with E-state index in [2.05, 4.69) is 5.32 Å². The van der Waals surface area contributed by atoms with Crippen LogP contribution in [0.4, 0.5) is 0 Å². The molecule has 4 nitrogen and oxygen atoms in total. The number of fused-ring (bicyclic) bond motifs is 1. The van der Waals surface area contributed by atoms with E-state index in [1.54, 1.807) is 25.1 Å². The average molecular weight is 246 g/mol. The lowest BCUT2D eigenvalue weighted by Gasteiger charge is -2.19. The summed E-state index contributed by atoms with van der Waals surface area (Å²) in [6, 6.07) is 5.15. The summed E-state index contributed by atoms with van der Waals surface area (Å²) >= 11 is 0. The number of nitrogens with one attached hydrogen (secondary N) is 1. The molecule has 0 bridgehead atoms. The van der Waals surface area contributed by atoms with Gasteiger partial charge in [-0.25, -0.2) is 0 Å².